The average Bonchev–Trinajstić information content (AvgIpc) is 3.08. The highest BCUT2D eigenvalue weighted by molar-refractivity contribution is 6.21. The SMILES string of the molecule is CCCNC(=O)[C@H](C)N(CCc1ccccc1)C(=O)CCCN1C(=O)c2ccccc2C1=O. The number of carbonyl (C=O) groups excluding carboxylic acids is 4. The van der Waals surface area contributed by atoms with E-state index in [1.165, 1.54) is 4.90 Å². The smallest absolute Gasteiger partial charge is 0.261 e. The summed E-state index contributed by atoms with van der Waals surface area (Å²) in [6.45, 7) is 4.85. The van der Waals surface area contributed by atoms with Gasteiger partial charge in [-0.25, -0.2) is 0 Å². The van der Waals surface area contributed by atoms with Crippen LogP contribution in [-0.4, -0.2) is 59.1 Å². The maximum atomic E-state index is 13.1. The topological polar surface area (TPSA) is 86.8 Å². The first-order valence-corrected chi connectivity index (χ1v) is 11.5. The quantitative estimate of drug-likeness (QED) is 0.534. The normalized spacial score (nSPS) is 13.6. The van der Waals surface area contributed by atoms with Gasteiger partial charge in [0.25, 0.3) is 11.8 Å². The molecule has 0 unspecified atom stereocenters. The molecule has 7 nitrogen and oxygen atoms in total. The number of carbonyl (C=O) groups is 4. The first kappa shape index (κ1) is 24.2. The molecule has 33 heavy (non-hydrogen) atoms. The van der Waals surface area contributed by atoms with Crippen molar-refractivity contribution in [1.29, 1.82) is 0 Å². The number of nitrogens with zero attached hydrogens (tertiary/aromatic N) is 2. The van der Waals surface area contributed by atoms with Crippen molar-refractivity contribution in [2.45, 2.75) is 45.6 Å². The van der Waals surface area contributed by atoms with E-state index in [2.05, 4.69) is 5.32 Å². The molecule has 0 bridgehead atoms. The number of fused-ring (bicyclic) bond motifs is 1. The van der Waals surface area contributed by atoms with Gasteiger partial charge in [-0.3, -0.25) is 24.1 Å². The van der Waals surface area contributed by atoms with Crippen molar-refractivity contribution in [1.82, 2.24) is 15.1 Å². The first-order valence-electron chi connectivity index (χ1n) is 11.5. The molecule has 0 saturated heterocycles. The average molecular weight is 450 g/mol. The van der Waals surface area contributed by atoms with Crippen molar-refractivity contribution < 1.29 is 19.2 Å². The van der Waals surface area contributed by atoms with Crippen LogP contribution >= 0.6 is 0 Å². The molecule has 1 atom stereocenters. The van der Waals surface area contributed by atoms with Crippen molar-refractivity contribution >= 4 is 23.6 Å². The van der Waals surface area contributed by atoms with E-state index in [1.54, 1.807) is 36.1 Å². The predicted octanol–water partition coefficient (Wildman–Crippen LogP) is 3.05. The van der Waals surface area contributed by atoms with Crippen LogP contribution in [0.4, 0.5) is 0 Å². The third-order valence-electron chi connectivity index (χ3n) is 5.85. The van der Waals surface area contributed by atoms with Crippen LogP contribution in [0.25, 0.3) is 0 Å². The van der Waals surface area contributed by atoms with Gasteiger partial charge < -0.3 is 10.2 Å². The molecule has 0 saturated carbocycles. The molecule has 174 valence electrons. The lowest BCUT2D eigenvalue weighted by molar-refractivity contribution is -0.140. The molecule has 1 N–H and O–H groups in total. The highest BCUT2D eigenvalue weighted by Crippen LogP contribution is 2.22. The summed E-state index contributed by atoms with van der Waals surface area (Å²) in [5, 5.41) is 2.86. The lowest BCUT2D eigenvalue weighted by Crippen LogP contribution is -2.49. The number of nitrogens with one attached hydrogen (secondary N) is 1. The number of benzene rings is 2. The van der Waals surface area contributed by atoms with Crippen LogP contribution in [0.5, 0.6) is 0 Å². The Balaban J connectivity index is 1.61. The summed E-state index contributed by atoms with van der Waals surface area (Å²) >= 11 is 0. The highest BCUT2D eigenvalue weighted by atomic mass is 16.2. The molecular weight excluding hydrogens is 418 g/mol. The van der Waals surface area contributed by atoms with Gasteiger partial charge in [-0.15, -0.1) is 0 Å². The molecule has 1 heterocycles. The Morgan fingerprint density at radius 3 is 2.18 bits per heavy atom. The summed E-state index contributed by atoms with van der Waals surface area (Å²) in [5.74, 6) is -0.993. The summed E-state index contributed by atoms with van der Waals surface area (Å²) in [6, 6.07) is 15.9. The van der Waals surface area contributed by atoms with E-state index in [4.69, 9.17) is 0 Å². The molecule has 1 aliphatic heterocycles. The Morgan fingerprint density at radius 2 is 1.58 bits per heavy atom. The molecule has 0 fully saturated rings. The van der Waals surface area contributed by atoms with E-state index in [0.717, 1.165) is 12.0 Å². The maximum Gasteiger partial charge on any atom is 0.261 e. The molecule has 4 amide bonds. The molecule has 1 aliphatic rings. The second kappa shape index (κ2) is 11.4. The number of rotatable bonds is 11. The minimum atomic E-state index is -0.605. The van der Waals surface area contributed by atoms with Crippen molar-refractivity contribution in [3.8, 4) is 0 Å². The fourth-order valence-corrected chi connectivity index (χ4v) is 3.94. The van der Waals surface area contributed by atoms with Crippen LogP contribution in [0.15, 0.2) is 54.6 Å². The summed E-state index contributed by atoms with van der Waals surface area (Å²) in [6.07, 6.45) is 1.94. The zero-order valence-corrected chi connectivity index (χ0v) is 19.3. The van der Waals surface area contributed by atoms with Crippen LogP contribution in [0, 0.1) is 0 Å². The number of amides is 4. The van der Waals surface area contributed by atoms with Gasteiger partial charge in [0.2, 0.25) is 11.8 Å². The Hall–Kier alpha value is -3.48. The summed E-state index contributed by atoms with van der Waals surface area (Å²) in [7, 11) is 0. The zero-order chi connectivity index (χ0) is 23.8. The molecule has 7 heteroatoms. The van der Waals surface area contributed by atoms with Crippen LogP contribution in [0.2, 0.25) is 0 Å². The van der Waals surface area contributed by atoms with Crippen molar-refractivity contribution in [2.24, 2.45) is 0 Å². The van der Waals surface area contributed by atoms with Gasteiger partial charge in [0.05, 0.1) is 11.1 Å². The van der Waals surface area contributed by atoms with Gasteiger partial charge in [0.15, 0.2) is 0 Å². The molecular formula is C26H31N3O4. The highest BCUT2D eigenvalue weighted by Gasteiger charge is 2.35. The van der Waals surface area contributed by atoms with Crippen LogP contribution < -0.4 is 5.32 Å². The van der Waals surface area contributed by atoms with Gasteiger partial charge in [-0.1, -0.05) is 49.4 Å². The van der Waals surface area contributed by atoms with Crippen molar-refractivity contribution in [3.05, 3.63) is 71.3 Å². The van der Waals surface area contributed by atoms with E-state index < -0.39 is 6.04 Å². The summed E-state index contributed by atoms with van der Waals surface area (Å²) in [5.41, 5.74) is 1.89. The standard InChI is InChI=1S/C26H31N3O4/c1-3-16-27-24(31)19(2)28(18-15-20-10-5-4-6-11-20)23(30)14-9-17-29-25(32)21-12-7-8-13-22(21)26(29)33/h4-8,10-13,19H,3,9,14-18H2,1-2H3,(H,27,31)/t19-/m0/s1. The molecule has 2 aromatic carbocycles. The van der Waals surface area contributed by atoms with Gasteiger partial charge in [0, 0.05) is 26.1 Å². The number of hydrogen-bond donors (Lipinski definition) is 1. The molecule has 2 aromatic rings. The lowest BCUT2D eigenvalue weighted by Gasteiger charge is -2.29. The monoisotopic (exact) mass is 449 g/mol. The Morgan fingerprint density at radius 1 is 0.970 bits per heavy atom. The van der Waals surface area contributed by atoms with Crippen LogP contribution in [0.3, 0.4) is 0 Å². The van der Waals surface area contributed by atoms with Gasteiger partial charge >= 0.3 is 0 Å². The second-order valence-corrected chi connectivity index (χ2v) is 8.20. The largest absolute Gasteiger partial charge is 0.354 e. The third kappa shape index (κ3) is 5.86. The van der Waals surface area contributed by atoms with Crippen LogP contribution in [-0.2, 0) is 16.0 Å². The minimum absolute atomic E-state index is 0.146. The maximum absolute atomic E-state index is 13.1. The van der Waals surface area contributed by atoms with E-state index in [-0.39, 0.29) is 36.6 Å². The van der Waals surface area contributed by atoms with Gasteiger partial charge in [-0.05, 0) is 43.9 Å². The number of hydrogen-bond acceptors (Lipinski definition) is 4. The summed E-state index contributed by atoms with van der Waals surface area (Å²) < 4.78 is 0. The molecule has 0 radical (unpaired) electrons. The molecule has 3 rings (SSSR count). The predicted molar refractivity (Wildman–Crippen MR) is 126 cm³/mol. The fourth-order valence-electron chi connectivity index (χ4n) is 3.94. The van der Waals surface area contributed by atoms with Crippen LogP contribution in [0.1, 0.15) is 59.4 Å². The molecule has 0 spiro atoms. The van der Waals surface area contributed by atoms with Gasteiger partial charge in [0.1, 0.15) is 6.04 Å². The Bertz CT molecular complexity index is 971. The Labute approximate surface area is 194 Å². The Kier molecular flexibility index (Phi) is 8.35. The van der Waals surface area contributed by atoms with E-state index in [9.17, 15) is 19.2 Å². The fraction of sp³-hybridized carbons (Fsp3) is 0.385. The van der Waals surface area contributed by atoms with E-state index in [1.807, 2.05) is 37.3 Å². The molecule has 0 aliphatic carbocycles. The number of imide groups is 1. The first-order chi connectivity index (χ1) is 15.9. The van der Waals surface area contributed by atoms with Crippen molar-refractivity contribution in [3.63, 3.8) is 0 Å². The van der Waals surface area contributed by atoms with Crippen molar-refractivity contribution in [2.75, 3.05) is 19.6 Å². The molecule has 0 aromatic heterocycles. The second-order valence-electron chi connectivity index (χ2n) is 8.20. The summed E-state index contributed by atoms with van der Waals surface area (Å²) in [4.78, 5) is 53.5. The minimum Gasteiger partial charge on any atom is -0.354 e. The van der Waals surface area contributed by atoms with E-state index >= 15 is 0 Å². The third-order valence-corrected chi connectivity index (χ3v) is 5.85. The zero-order valence-electron chi connectivity index (χ0n) is 19.3. The lowest BCUT2D eigenvalue weighted by atomic mass is 10.1. The van der Waals surface area contributed by atoms with E-state index in [0.29, 0.717) is 37.1 Å². The van der Waals surface area contributed by atoms with Gasteiger partial charge in [-0.2, -0.15) is 0 Å².